The molecular weight excluding hydrogens is 261 g/mol. The van der Waals surface area contributed by atoms with Gasteiger partial charge < -0.3 is 5.11 Å². The summed E-state index contributed by atoms with van der Waals surface area (Å²) in [4.78, 5) is 10.6. The lowest BCUT2D eigenvalue weighted by Gasteiger charge is -2.15. The summed E-state index contributed by atoms with van der Waals surface area (Å²) in [5, 5.41) is 8.83. The van der Waals surface area contributed by atoms with Gasteiger partial charge in [0.05, 0.1) is 10.8 Å². The number of nitrogens with zero attached hydrogens (tertiary/aromatic N) is 1. The molecule has 2 rings (SSSR count). The fraction of sp³-hybridized carbons (Fsp3) is 0.364. The van der Waals surface area contributed by atoms with Crippen LogP contribution in [0.4, 0.5) is 4.39 Å². The number of carboxylic acid groups (broad SMARTS) is 1. The molecule has 1 aromatic carbocycles. The predicted molar refractivity (Wildman–Crippen MR) is 60.9 cm³/mol. The molecule has 18 heavy (non-hydrogen) atoms. The van der Waals surface area contributed by atoms with Crippen LogP contribution in [0.5, 0.6) is 0 Å². The molecule has 1 atom stereocenters. The lowest BCUT2D eigenvalue weighted by Crippen LogP contribution is -2.30. The second kappa shape index (κ2) is 4.66. The number of benzene rings is 1. The second-order valence-corrected chi connectivity index (χ2v) is 6.08. The van der Waals surface area contributed by atoms with Crippen molar-refractivity contribution in [3.05, 3.63) is 30.1 Å². The molecule has 7 heteroatoms. The van der Waals surface area contributed by atoms with Crippen molar-refractivity contribution >= 4 is 16.0 Å². The Bertz CT molecular complexity index is 572. The van der Waals surface area contributed by atoms with Crippen LogP contribution in [-0.4, -0.2) is 36.9 Å². The highest BCUT2D eigenvalue weighted by molar-refractivity contribution is 7.89. The minimum atomic E-state index is -3.80. The summed E-state index contributed by atoms with van der Waals surface area (Å²) in [6.07, 6.45) is 0.282. The lowest BCUT2D eigenvalue weighted by molar-refractivity contribution is -0.141. The largest absolute Gasteiger partial charge is 0.481 e. The Hall–Kier alpha value is -1.47. The van der Waals surface area contributed by atoms with E-state index in [1.165, 1.54) is 12.1 Å². The SMILES string of the molecule is O=C(O)[C@@H]1CCN(S(=O)(=O)c2cccc(F)c2)C1. The number of halogens is 1. The van der Waals surface area contributed by atoms with Crippen molar-refractivity contribution in [2.75, 3.05) is 13.1 Å². The Labute approximate surface area is 104 Å². The van der Waals surface area contributed by atoms with E-state index in [2.05, 4.69) is 0 Å². The molecular formula is C11H12FNO4S. The molecule has 0 spiro atoms. The average Bonchev–Trinajstić information content (AvgIpc) is 2.79. The number of sulfonamides is 1. The van der Waals surface area contributed by atoms with Gasteiger partial charge in [-0.15, -0.1) is 0 Å². The molecule has 0 unspecified atom stereocenters. The van der Waals surface area contributed by atoms with Crippen molar-refractivity contribution < 1.29 is 22.7 Å². The first-order chi connectivity index (χ1) is 8.41. The van der Waals surface area contributed by atoms with Crippen LogP contribution in [0.1, 0.15) is 6.42 Å². The van der Waals surface area contributed by atoms with Gasteiger partial charge in [0, 0.05) is 13.1 Å². The molecule has 0 radical (unpaired) electrons. The van der Waals surface area contributed by atoms with Crippen LogP contribution in [-0.2, 0) is 14.8 Å². The van der Waals surface area contributed by atoms with E-state index in [-0.39, 0.29) is 24.4 Å². The van der Waals surface area contributed by atoms with Crippen molar-refractivity contribution in [2.45, 2.75) is 11.3 Å². The summed E-state index contributed by atoms with van der Waals surface area (Å²) < 4.78 is 38.3. The molecule has 1 saturated heterocycles. The van der Waals surface area contributed by atoms with Crippen LogP contribution in [0.15, 0.2) is 29.2 Å². The van der Waals surface area contributed by atoms with Gasteiger partial charge in [0.15, 0.2) is 0 Å². The number of carboxylic acids is 1. The van der Waals surface area contributed by atoms with Crippen LogP contribution in [0.3, 0.4) is 0 Å². The van der Waals surface area contributed by atoms with Gasteiger partial charge in [-0.1, -0.05) is 6.07 Å². The minimum Gasteiger partial charge on any atom is -0.481 e. The average molecular weight is 273 g/mol. The van der Waals surface area contributed by atoms with Crippen LogP contribution in [0.25, 0.3) is 0 Å². The predicted octanol–water partition coefficient (Wildman–Crippen LogP) is 0.921. The smallest absolute Gasteiger partial charge is 0.307 e. The van der Waals surface area contributed by atoms with Gasteiger partial charge in [0.25, 0.3) is 0 Å². The van der Waals surface area contributed by atoms with Gasteiger partial charge >= 0.3 is 5.97 Å². The van der Waals surface area contributed by atoms with E-state index < -0.39 is 27.7 Å². The van der Waals surface area contributed by atoms with Gasteiger partial charge in [-0.25, -0.2) is 12.8 Å². The minimum absolute atomic E-state index is 0.0613. The first-order valence-corrected chi connectivity index (χ1v) is 6.84. The zero-order valence-electron chi connectivity index (χ0n) is 9.41. The monoisotopic (exact) mass is 273 g/mol. The van der Waals surface area contributed by atoms with Crippen LogP contribution in [0, 0.1) is 11.7 Å². The van der Waals surface area contributed by atoms with Gasteiger partial charge in [-0.3, -0.25) is 4.79 Å². The number of carbonyl (C=O) groups is 1. The third-order valence-electron chi connectivity index (χ3n) is 2.93. The molecule has 0 bridgehead atoms. The number of hydrogen-bond donors (Lipinski definition) is 1. The Morgan fingerprint density at radius 2 is 2.17 bits per heavy atom. The third-order valence-corrected chi connectivity index (χ3v) is 4.80. The van der Waals surface area contributed by atoms with E-state index in [1.807, 2.05) is 0 Å². The molecule has 1 aliphatic rings. The molecule has 0 saturated carbocycles. The van der Waals surface area contributed by atoms with Gasteiger partial charge in [0.1, 0.15) is 5.82 Å². The Balaban J connectivity index is 2.25. The standard InChI is InChI=1S/C11H12FNO4S/c12-9-2-1-3-10(6-9)18(16,17)13-5-4-8(7-13)11(14)15/h1-3,6,8H,4-5,7H2,(H,14,15)/t8-/m1/s1. The van der Waals surface area contributed by atoms with E-state index in [1.54, 1.807) is 0 Å². The molecule has 1 fully saturated rings. The summed E-state index contributed by atoms with van der Waals surface area (Å²) in [5.41, 5.74) is 0. The first kappa shape index (κ1) is 13.0. The molecule has 0 aliphatic carbocycles. The summed E-state index contributed by atoms with van der Waals surface area (Å²) in [6, 6.07) is 4.70. The van der Waals surface area contributed by atoms with Crippen molar-refractivity contribution in [2.24, 2.45) is 5.92 Å². The van der Waals surface area contributed by atoms with E-state index in [0.29, 0.717) is 0 Å². The van der Waals surface area contributed by atoms with E-state index in [4.69, 9.17) is 5.11 Å². The maximum absolute atomic E-state index is 13.0. The highest BCUT2D eigenvalue weighted by atomic mass is 32.2. The van der Waals surface area contributed by atoms with Crippen LogP contribution >= 0.6 is 0 Å². The van der Waals surface area contributed by atoms with Crippen LogP contribution in [0.2, 0.25) is 0 Å². The molecule has 5 nitrogen and oxygen atoms in total. The quantitative estimate of drug-likeness (QED) is 0.888. The molecule has 1 aliphatic heterocycles. The molecule has 0 aromatic heterocycles. The van der Waals surface area contributed by atoms with Crippen molar-refractivity contribution in [1.82, 2.24) is 4.31 Å². The topological polar surface area (TPSA) is 74.7 Å². The number of rotatable bonds is 3. The lowest BCUT2D eigenvalue weighted by atomic mass is 10.1. The Morgan fingerprint density at radius 3 is 2.72 bits per heavy atom. The van der Waals surface area contributed by atoms with E-state index >= 15 is 0 Å². The molecule has 98 valence electrons. The normalized spacial score (nSPS) is 21.1. The summed E-state index contributed by atoms with van der Waals surface area (Å²) in [5.74, 6) is -2.33. The Morgan fingerprint density at radius 1 is 1.44 bits per heavy atom. The molecule has 1 aromatic rings. The van der Waals surface area contributed by atoms with E-state index in [0.717, 1.165) is 16.4 Å². The van der Waals surface area contributed by atoms with E-state index in [9.17, 15) is 17.6 Å². The van der Waals surface area contributed by atoms with Gasteiger partial charge in [0.2, 0.25) is 10.0 Å². The number of hydrogen-bond acceptors (Lipinski definition) is 3. The molecule has 1 heterocycles. The highest BCUT2D eigenvalue weighted by Crippen LogP contribution is 2.24. The number of aliphatic carboxylic acids is 1. The van der Waals surface area contributed by atoms with Crippen molar-refractivity contribution in [3.8, 4) is 0 Å². The summed E-state index contributed by atoms with van der Waals surface area (Å²) in [6.45, 7) is 0.0873. The fourth-order valence-corrected chi connectivity index (χ4v) is 3.46. The maximum atomic E-state index is 13.0. The highest BCUT2D eigenvalue weighted by Gasteiger charge is 2.35. The zero-order valence-corrected chi connectivity index (χ0v) is 10.2. The van der Waals surface area contributed by atoms with Gasteiger partial charge in [-0.2, -0.15) is 4.31 Å². The second-order valence-electron chi connectivity index (χ2n) is 4.14. The molecule has 0 amide bonds. The summed E-state index contributed by atoms with van der Waals surface area (Å²) >= 11 is 0. The zero-order chi connectivity index (χ0) is 13.3. The van der Waals surface area contributed by atoms with Crippen molar-refractivity contribution in [3.63, 3.8) is 0 Å². The third kappa shape index (κ3) is 2.37. The fourth-order valence-electron chi connectivity index (χ4n) is 1.92. The summed E-state index contributed by atoms with van der Waals surface area (Å²) in [7, 11) is -3.80. The van der Waals surface area contributed by atoms with Crippen LogP contribution < -0.4 is 0 Å². The Kier molecular flexibility index (Phi) is 3.36. The maximum Gasteiger partial charge on any atom is 0.307 e. The first-order valence-electron chi connectivity index (χ1n) is 5.40. The van der Waals surface area contributed by atoms with Crippen molar-refractivity contribution in [1.29, 1.82) is 0 Å². The molecule has 1 N–H and O–H groups in total. The van der Waals surface area contributed by atoms with Gasteiger partial charge in [-0.05, 0) is 24.6 Å².